The summed E-state index contributed by atoms with van der Waals surface area (Å²) in [6.45, 7) is 0. The molecule has 0 aromatic rings. The molecule has 0 saturated heterocycles. The van der Waals surface area contributed by atoms with Gasteiger partial charge in [0.05, 0.1) is 0 Å². The lowest BCUT2D eigenvalue weighted by Crippen LogP contribution is -1.35. The summed E-state index contributed by atoms with van der Waals surface area (Å²) in [6.07, 6.45) is 0. The van der Waals surface area contributed by atoms with Gasteiger partial charge in [0.2, 0.25) is 0 Å². The molecule has 0 atom stereocenters. The Morgan fingerprint density at radius 3 is 2.00 bits per heavy atom. The summed E-state index contributed by atoms with van der Waals surface area (Å²) in [6, 6.07) is 0. The molecule has 2 heteroatoms. The Hall–Kier alpha value is 0.535. The molecule has 0 aromatic carbocycles. The molecule has 0 amide bonds. The van der Waals surface area contributed by atoms with Crippen LogP contribution >= 0.6 is 22.6 Å². The molecule has 0 unspecified atom stereocenters. The van der Waals surface area contributed by atoms with E-state index < -0.39 is 0 Å². The van der Waals surface area contributed by atoms with Crippen LogP contribution in [0.3, 0.4) is 0 Å². The maximum atomic E-state index is 2.17. The molecule has 0 radical (unpaired) electrons. The third-order valence-corrected chi connectivity index (χ3v) is 0.845. The lowest BCUT2D eigenvalue weighted by Gasteiger charge is -1.46. The van der Waals surface area contributed by atoms with Crippen molar-refractivity contribution in [2.45, 2.75) is 0 Å². The normalized spacial score (nSPS) is 9.25. The van der Waals surface area contributed by atoms with E-state index in [-0.39, 0.29) is 0 Å². The van der Waals surface area contributed by atoms with E-state index in [4.69, 9.17) is 0 Å². The molecule has 22 valence electrons. The zero-order chi connectivity index (χ0) is 3.41. The molecule has 0 aliphatic carbocycles. The van der Waals surface area contributed by atoms with Gasteiger partial charge in [-0.2, -0.15) is 0 Å². The predicted octanol–water partition coefficient (Wildman–Crippen LogP) is 0.526. The van der Waals surface area contributed by atoms with Crippen molar-refractivity contribution in [1.29, 1.82) is 0 Å². The van der Waals surface area contributed by atoms with E-state index in [1.807, 2.05) is 17.9 Å². The average Bonchev–Trinajstić information content (AvgIpc) is 1.37. The third-order valence-electron chi connectivity index (χ3n) is 0.126. The van der Waals surface area contributed by atoms with E-state index in [1.165, 1.54) is 0 Å². The molecule has 0 bridgehead atoms. The molecule has 0 nitrogen and oxygen atoms in total. The van der Waals surface area contributed by atoms with Crippen molar-refractivity contribution >= 4 is 30.4 Å². The van der Waals surface area contributed by atoms with Gasteiger partial charge < -0.3 is 0 Å². The van der Waals surface area contributed by atoms with Gasteiger partial charge >= 0.3 is 0 Å². The van der Waals surface area contributed by atoms with Crippen molar-refractivity contribution in [2.75, 3.05) is 0 Å². The minimum absolute atomic E-state index is 1.97. The van der Waals surface area contributed by atoms with Gasteiger partial charge in [-0.05, 0) is 4.08 Å². The van der Waals surface area contributed by atoms with Gasteiger partial charge in [0.15, 0.2) is 0 Å². The topological polar surface area (TPSA) is 0 Å². The highest BCUT2D eigenvalue weighted by molar-refractivity contribution is 14.1. The van der Waals surface area contributed by atoms with Crippen LogP contribution in [-0.4, -0.2) is 7.85 Å². The molecule has 0 rings (SSSR count). The van der Waals surface area contributed by atoms with E-state index in [1.54, 1.807) is 0 Å². The summed E-state index contributed by atoms with van der Waals surface area (Å²) in [5, 5.41) is 0. The van der Waals surface area contributed by atoms with E-state index in [0.29, 0.717) is 0 Å². The molecule has 0 aliphatic rings. The smallest absolute Gasteiger partial charge is 0.118 e. The van der Waals surface area contributed by atoms with Crippen LogP contribution in [0, 0.1) is 0 Å². The van der Waals surface area contributed by atoms with Crippen LogP contribution in [0.15, 0.2) is 10.1 Å². The molecule has 0 aliphatic heterocycles. The van der Waals surface area contributed by atoms with Crippen LogP contribution < -0.4 is 0 Å². The highest BCUT2D eigenvalue weighted by atomic mass is 127. The number of hydrogen-bond acceptors (Lipinski definition) is 0. The Bertz CT molecular complexity index is 21.2. The van der Waals surface area contributed by atoms with Crippen LogP contribution in [0.5, 0.6) is 0 Å². The average molecular weight is 166 g/mol. The Morgan fingerprint density at radius 1 is 1.75 bits per heavy atom. The fourth-order valence-corrected chi connectivity index (χ4v) is 0. The van der Waals surface area contributed by atoms with Crippen molar-refractivity contribution in [3.63, 3.8) is 0 Å². The number of rotatable bonds is 0. The Morgan fingerprint density at radius 2 is 2.00 bits per heavy atom. The second-order valence-electron chi connectivity index (χ2n) is 0.459. The number of hydrogen-bond donors (Lipinski definition) is 0. The van der Waals surface area contributed by atoms with Gasteiger partial charge in [-0.25, -0.2) is 0 Å². The van der Waals surface area contributed by atoms with Crippen molar-refractivity contribution in [3.8, 4) is 0 Å². The van der Waals surface area contributed by atoms with Gasteiger partial charge in [-0.1, -0.05) is 22.6 Å². The summed E-state index contributed by atoms with van der Waals surface area (Å²) in [5.41, 5.74) is 0. The molecule has 0 spiro atoms. The third kappa shape index (κ3) is 2.53. The van der Waals surface area contributed by atoms with Crippen LogP contribution in [0.2, 0.25) is 0 Å². The molecule has 0 N–H and O–H groups in total. The fourth-order valence-electron chi connectivity index (χ4n) is 0. The monoisotopic (exact) mass is 166 g/mol. The van der Waals surface area contributed by atoms with Gasteiger partial charge in [-0.3, -0.25) is 0 Å². The van der Waals surface area contributed by atoms with Gasteiger partial charge in [0.1, 0.15) is 7.85 Å². The Kier molecular flexibility index (Phi) is 4.01. The Balaban J connectivity index is 2.55. The highest BCUT2D eigenvalue weighted by Gasteiger charge is 1.38. The zero-order valence-electron chi connectivity index (χ0n) is 2.53. The van der Waals surface area contributed by atoms with Crippen molar-refractivity contribution in [3.05, 3.63) is 10.1 Å². The van der Waals surface area contributed by atoms with Crippen LogP contribution in [-0.2, 0) is 0 Å². The first-order valence-corrected chi connectivity index (χ1v) is 2.37. The zero-order valence-corrected chi connectivity index (χ0v) is 4.69. The van der Waals surface area contributed by atoms with E-state index in [9.17, 15) is 0 Å². The van der Waals surface area contributed by atoms with Crippen LogP contribution in [0.1, 0.15) is 0 Å². The molecule has 4 heavy (non-hydrogen) atoms. The van der Waals surface area contributed by atoms with Crippen LogP contribution in [0.25, 0.3) is 0 Å². The lowest BCUT2D eigenvalue weighted by molar-refractivity contribution is 2.60. The summed E-state index contributed by atoms with van der Waals surface area (Å²) in [4.78, 5) is 0. The van der Waals surface area contributed by atoms with Crippen molar-refractivity contribution < 1.29 is 0 Å². The summed E-state index contributed by atoms with van der Waals surface area (Å²) >= 11 is 2.17. The first kappa shape index (κ1) is 4.53. The summed E-state index contributed by atoms with van der Waals surface area (Å²) in [5.74, 6) is 1.99. The fraction of sp³-hybridized carbons (Fsp3) is 0. The molecule has 0 heterocycles. The minimum atomic E-state index is 1.97. The van der Waals surface area contributed by atoms with Crippen molar-refractivity contribution in [2.24, 2.45) is 0 Å². The maximum absolute atomic E-state index is 2.17. The SMILES string of the molecule is B/C=C/I. The Labute approximate surface area is 40.8 Å². The quantitative estimate of drug-likeness (QED) is 0.363. The van der Waals surface area contributed by atoms with E-state index in [2.05, 4.69) is 22.6 Å². The largest absolute Gasteiger partial charge is 0.130 e. The summed E-state index contributed by atoms with van der Waals surface area (Å²) < 4.78 is 1.97. The molecule has 0 fully saturated rings. The first-order chi connectivity index (χ1) is 1.91. The summed E-state index contributed by atoms with van der Waals surface area (Å²) in [7, 11) is 1.99. The molecule has 0 saturated carbocycles. The molecular weight excluding hydrogens is 162 g/mol. The van der Waals surface area contributed by atoms with E-state index in [0.717, 1.165) is 0 Å². The minimum Gasteiger partial charge on any atom is -0.118 e. The predicted molar refractivity (Wildman–Crippen MR) is 31.7 cm³/mol. The second kappa shape index (κ2) is 3.53. The lowest BCUT2D eigenvalue weighted by atomic mass is 10.2. The standard InChI is InChI=1S/C2H4BI/c3-1-2-4/h1-2H,3H2/b2-1+. The van der Waals surface area contributed by atoms with Crippen LogP contribution in [0.4, 0.5) is 0 Å². The van der Waals surface area contributed by atoms with E-state index >= 15 is 0 Å². The molecule has 0 aromatic heterocycles. The second-order valence-corrected chi connectivity index (χ2v) is 1.18. The van der Waals surface area contributed by atoms with Gasteiger partial charge in [-0.15, -0.1) is 5.98 Å². The highest BCUT2D eigenvalue weighted by Crippen LogP contribution is 1.75. The maximum Gasteiger partial charge on any atom is 0.130 e. The number of halogens is 1. The van der Waals surface area contributed by atoms with Gasteiger partial charge in [0, 0.05) is 0 Å². The van der Waals surface area contributed by atoms with Gasteiger partial charge in [0.25, 0.3) is 0 Å². The van der Waals surface area contributed by atoms with Crippen molar-refractivity contribution in [1.82, 2.24) is 0 Å². The first-order valence-electron chi connectivity index (χ1n) is 1.13. The molecular formula is C2H4BI.